The average molecular weight is 539 g/mol. The zero-order valence-electron chi connectivity index (χ0n) is 20.4. The van der Waals surface area contributed by atoms with E-state index >= 15 is 0 Å². The maximum atomic E-state index is 13.4. The van der Waals surface area contributed by atoms with Gasteiger partial charge >= 0.3 is 0 Å². The van der Waals surface area contributed by atoms with E-state index in [9.17, 15) is 9.59 Å². The lowest BCUT2D eigenvalue weighted by Gasteiger charge is -2.38. The second-order valence-corrected chi connectivity index (χ2v) is 11.5. The molecule has 35 heavy (non-hydrogen) atoms. The first-order valence-corrected chi connectivity index (χ1v) is 13.9. The zero-order valence-corrected chi connectivity index (χ0v) is 22.0. The van der Waals surface area contributed by atoms with Crippen LogP contribution in [0.4, 0.5) is 0 Å². The highest BCUT2D eigenvalue weighted by Gasteiger charge is 2.47. The minimum absolute atomic E-state index is 0.0506. The largest absolute Gasteiger partial charge is 0.349 e. The summed E-state index contributed by atoms with van der Waals surface area (Å²) in [5, 5.41) is 3.33. The van der Waals surface area contributed by atoms with Gasteiger partial charge in [-0.1, -0.05) is 64.8 Å². The molecule has 1 N–H and O–H groups in total. The van der Waals surface area contributed by atoms with Gasteiger partial charge in [0.2, 0.25) is 11.8 Å². The smallest absolute Gasteiger partial charge is 0.229 e. The summed E-state index contributed by atoms with van der Waals surface area (Å²) in [4.78, 5) is 30.6. The van der Waals surface area contributed by atoms with Crippen LogP contribution in [0.5, 0.6) is 0 Å². The van der Waals surface area contributed by atoms with Gasteiger partial charge in [-0.05, 0) is 74.9 Å². The molecule has 3 aliphatic rings. The van der Waals surface area contributed by atoms with Gasteiger partial charge in [-0.2, -0.15) is 0 Å². The molecule has 0 unspecified atom stereocenters. The Morgan fingerprint density at radius 1 is 1.00 bits per heavy atom. The summed E-state index contributed by atoms with van der Waals surface area (Å²) in [5.41, 5.74) is 2.19. The monoisotopic (exact) mass is 537 g/mol. The molecule has 2 aromatic rings. The molecule has 0 radical (unpaired) electrons. The van der Waals surface area contributed by atoms with Crippen molar-refractivity contribution in [3.05, 3.63) is 70.2 Å². The molecule has 5 nitrogen and oxygen atoms in total. The van der Waals surface area contributed by atoms with Gasteiger partial charge in [0.25, 0.3) is 0 Å². The van der Waals surface area contributed by atoms with Crippen molar-refractivity contribution in [3.8, 4) is 0 Å². The fourth-order valence-electron chi connectivity index (χ4n) is 5.80. The fraction of sp³-hybridized carbons (Fsp3) is 0.517. The number of hydrogen-bond acceptors (Lipinski definition) is 3. The number of nitrogens with zero attached hydrogens (tertiary/aromatic N) is 2. The molecule has 1 aliphatic carbocycles. The number of likely N-dealkylation sites (tertiary alicyclic amines) is 2. The molecule has 2 heterocycles. The van der Waals surface area contributed by atoms with Gasteiger partial charge in [-0.25, -0.2) is 0 Å². The number of halogens is 1. The lowest BCUT2D eigenvalue weighted by atomic mass is 9.77. The van der Waals surface area contributed by atoms with E-state index in [0.29, 0.717) is 12.5 Å². The zero-order chi connectivity index (χ0) is 24.3. The predicted molar refractivity (Wildman–Crippen MR) is 142 cm³/mol. The molecule has 1 atom stereocenters. The minimum atomic E-state index is -0.177. The molecule has 5 rings (SSSR count). The van der Waals surface area contributed by atoms with Crippen LogP contribution in [0.15, 0.2) is 59.1 Å². The molecule has 6 heteroatoms. The molecule has 1 spiro atoms. The summed E-state index contributed by atoms with van der Waals surface area (Å²) in [6, 6.07) is 18.7. The third-order valence-corrected chi connectivity index (χ3v) is 8.96. The van der Waals surface area contributed by atoms with E-state index in [1.165, 1.54) is 17.5 Å². The molecular formula is C29H36BrN3O2. The van der Waals surface area contributed by atoms with Crippen LogP contribution in [0.25, 0.3) is 0 Å². The molecule has 3 fully saturated rings. The quantitative estimate of drug-likeness (QED) is 0.496. The molecule has 1 saturated carbocycles. The van der Waals surface area contributed by atoms with E-state index in [4.69, 9.17) is 0 Å². The molecule has 0 aromatic heterocycles. The number of rotatable bonds is 8. The fourth-order valence-corrected chi connectivity index (χ4v) is 6.07. The standard InChI is InChI=1S/C29H36BrN3O2/c30-25-11-9-22(10-12-25)21-33-20-16-29(28(33)35)14-18-32(19-15-29)17-13-26(23-5-2-1-3-6-23)31-27(34)24-7-4-8-24/h1-3,5-6,9-12,24,26H,4,7-8,13-21H2,(H,31,34)/t26-/m0/s1. The lowest BCUT2D eigenvalue weighted by Crippen LogP contribution is -2.45. The number of hydrogen-bond donors (Lipinski definition) is 1. The first-order chi connectivity index (χ1) is 17.0. The summed E-state index contributed by atoms with van der Waals surface area (Å²) in [6.45, 7) is 4.42. The molecule has 2 amide bonds. The van der Waals surface area contributed by atoms with E-state index in [0.717, 1.165) is 69.2 Å². The SMILES string of the molecule is O=C(N[C@@H](CCN1CCC2(CC1)CCN(Cc1ccc(Br)cc1)C2=O)c1ccccc1)C1CCC1. The summed E-state index contributed by atoms with van der Waals surface area (Å²) in [7, 11) is 0. The van der Waals surface area contributed by atoms with Crippen molar-refractivity contribution in [2.45, 2.75) is 57.5 Å². The van der Waals surface area contributed by atoms with E-state index < -0.39 is 0 Å². The third kappa shape index (κ3) is 5.64. The van der Waals surface area contributed by atoms with Crippen LogP contribution in [0.3, 0.4) is 0 Å². The highest BCUT2D eigenvalue weighted by molar-refractivity contribution is 9.10. The van der Waals surface area contributed by atoms with Crippen LogP contribution in [0, 0.1) is 11.3 Å². The van der Waals surface area contributed by atoms with E-state index in [-0.39, 0.29) is 23.3 Å². The van der Waals surface area contributed by atoms with Crippen LogP contribution in [0.1, 0.15) is 62.1 Å². The first kappa shape index (κ1) is 24.5. The summed E-state index contributed by atoms with van der Waals surface area (Å²) >= 11 is 3.49. The normalized spacial score (nSPS) is 21.2. The van der Waals surface area contributed by atoms with Gasteiger partial charge in [0, 0.05) is 30.0 Å². The number of benzene rings is 2. The van der Waals surface area contributed by atoms with Crippen molar-refractivity contribution >= 4 is 27.7 Å². The van der Waals surface area contributed by atoms with Crippen LogP contribution in [0.2, 0.25) is 0 Å². The summed E-state index contributed by atoms with van der Waals surface area (Å²) in [5.74, 6) is 0.755. The Morgan fingerprint density at radius 3 is 2.34 bits per heavy atom. The number of carbonyl (C=O) groups is 2. The van der Waals surface area contributed by atoms with Gasteiger partial charge in [-0.3, -0.25) is 9.59 Å². The molecule has 186 valence electrons. The van der Waals surface area contributed by atoms with Crippen molar-refractivity contribution in [1.82, 2.24) is 15.1 Å². The van der Waals surface area contributed by atoms with E-state index in [1.807, 2.05) is 30.3 Å². The first-order valence-electron chi connectivity index (χ1n) is 13.1. The average Bonchev–Trinajstić information content (AvgIpc) is 3.13. The van der Waals surface area contributed by atoms with Crippen LogP contribution in [-0.4, -0.2) is 47.8 Å². The topological polar surface area (TPSA) is 52.7 Å². The summed E-state index contributed by atoms with van der Waals surface area (Å²) in [6.07, 6.45) is 6.96. The number of carbonyl (C=O) groups excluding carboxylic acids is 2. The van der Waals surface area contributed by atoms with Crippen molar-refractivity contribution in [2.75, 3.05) is 26.2 Å². The number of nitrogens with one attached hydrogen (secondary N) is 1. The van der Waals surface area contributed by atoms with Gasteiger partial charge in [0.05, 0.1) is 11.5 Å². The van der Waals surface area contributed by atoms with Gasteiger partial charge in [0.1, 0.15) is 0 Å². The number of amides is 2. The van der Waals surface area contributed by atoms with Gasteiger partial charge in [-0.15, -0.1) is 0 Å². The minimum Gasteiger partial charge on any atom is -0.349 e. The molecule has 2 aliphatic heterocycles. The van der Waals surface area contributed by atoms with E-state index in [1.54, 1.807) is 0 Å². The van der Waals surface area contributed by atoms with Crippen molar-refractivity contribution < 1.29 is 9.59 Å². The Balaban J connectivity index is 1.14. The molecule has 0 bridgehead atoms. The Kier molecular flexibility index (Phi) is 7.59. The predicted octanol–water partition coefficient (Wildman–Crippen LogP) is 5.31. The van der Waals surface area contributed by atoms with E-state index in [2.05, 4.69) is 55.3 Å². The lowest BCUT2D eigenvalue weighted by molar-refractivity contribution is -0.139. The van der Waals surface area contributed by atoms with Crippen LogP contribution >= 0.6 is 15.9 Å². The van der Waals surface area contributed by atoms with Crippen molar-refractivity contribution in [1.29, 1.82) is 0 Å². The molecule has 2 saturated heterocycles. The second-order valence-electron chi connectivity index (χ2n) is 10.6. The Hall–Kier alpha value is -2.18. The van der Waals surface area contributed by atoms with Gasteiger partial charge < -0.3 is 15.1 Å². The Labute approximate surface area is 217 Å². The van der Waals surface area contributed by atoms with Crippen LogP contribution < -0.4 is 5.32 Å². The Bertz CT molecular complexity index is 1010. The third-order valence-electron chi connectivity index (χ3n) is 8.43. The van der Waals surface area contributed by atoms with Crippen molar-refractivity contribution in [2.24, 2.45) is 11.3 Å². The van der Waals surface area contributed by atoms with Gasteiger partial charge in [0.15, 0.2) is 0 Å². The maximum absolute atomic E-state index is 13.4. The Morgan fingerprint density at radius 2 is 1.69 bits per heavy atom. The maximum Gasteiger partial charge on any atom is 0.229 e. The second kappa shape index (κ2) is 10.8. The molecular weight excluding hydrogens is 502 g/mol. The number of piperidine rings is 1. The molecule has 2 aromatic carbocycles. The summed E-state index contributed by atoms with van der Waals surface area (Å²) < 4.78 is 1.06. The van der Waals surface area contributed by atoms with Crippen molar-refractivity contribution in [3.63, 3.8) is 0 Å². The highest BCUT2D eigenvalue weighted by Crippen LogP contribution is 2.42. The van der Waals surface area contributed by atoms with Crippen LogP contribution in [-0.2, 0) is 16.1 Å². The highest BCUT2D eigenvalue weighted by atomic mass is 79.9.